The van der Waals surface area contributed by atoms with Crippen molar-refractivity contribution in [3.05, 3.63) is 28.3 Å². The van der Waals surface area contributed by atoms with E-state index in [9.17, 15) is 23.7 Å². The Morgan fingerprint density at radius 1 is 1.22 bits per heavy atom. The van der Waals surface area contributed by atoms with E-state index in [0.29, 0.717) is 12.5 Å². The van der Waals surface area contributed by atoms with Gasteiger partial charge in [-0.1, -0.05) is 19.3 Å². The first-order valence-corrected chi connectivity index (χ1v) is 9.26. The molecular formula is C18H23F2N3O4. The zero-order valence-corrected chi connectivity index (χ0v) is 14.9. The topological polar surface area (TPSA) is 84.7 Å². The van der Waals surface area contributed by atoms with Crippen LogP contribution in [0.4, 0.5) is 25.0 Å². The van der Waals surface area contributed by atoms with Crippen LogP contribution in [0.1, 0.15) is 44.9 Å². The second-order valence-electron chi connectivity index (χ2n) is 7.05. The lowest BCUT2D eigenvalue weighted by Gasteiger charge is -2.34. The number of hydrogen-bond donors (Lipinski definition) is 1. The number of carbonyl (C=O) groups excluding carboxylic acids is 1. The average molecular weight is 383 g/mol. The predicted octanol–water partition coefficient (Wildman–Crippen LogP) is 4.77. The van der Waals surface area contributed by atoms with Gasteiger partial charge in [-0.3, -0.25) is 10.1 Å². The highest BCUT2D eigenvalue weighted by Gasteiger charge is 2.35. The third-order valence-electron chi connectivity index (χ3n) is 5.39. The highest BCUT2D eigenvalue weighted by atomic mass is 19.3. The second-order valence-corrected chi connectivity index (χ2v) is 7.05. The number of carbonyl (C=O) groups is 1. The molecule has 3 rings (SSSR count). The summed E-state index contributed by atoms with van der Waals surface area (Å²) < 4.78 is 29.6. The highest BCUT2D eigenvalue weighted by Crippen LogP contribution is 2.36. The molecule has 0 radical (unpaired) electrons. The molecule has 1 N–H and O–H groups in total. The van der Waals surface area contributed by atoms with Gasteiger partial charge in [-0.2, -0.15) is 8.78 Å². The van der Waals surface area contributed by atoms with E-state index in [2.05, 4.69) is 10.1 Å². The zero-order valence-electron chi connectivity index (χ0n) is 14.9. The van der Waals surface area contributed by atoms with Crippen LogP contribution < -0.4 is 10.1 Å². The summed E-state index contributed by atoms with van der Waals surface area (Å²) in [6, 6.07) is 2.88. The molecule has 1 aromatic rings. The first-order valence-electron chi connectivity index (χ1n) is 9.26. The fraction of sp³-hybridized carbons (Fsp3) is 0.611. The Morgan fingerprint density at radius 3 is 2.63 bits per heavy atom. The molecule has 7 nitrogen and oxygen atoms in total. The van der Waals surface area contributed by atoms with Crippen molar-refractivity contribution in [3.8, 4) is 5.75 Å². The largest absolute Gasteiger partial charge is 0.433 e. The maximum atomic E-state index is 12.8. The van der Waals surface area contributed by atoms with Crippen molar-refractivity contribution in [1.29, 1.82) is 0 Å². The summed E-state index contributed by atoms with van der Waals surface area (Å²) in [6.07, 6.45) is 7.53. The third kappa shape index (κ3) is 4.64. The minimum atomic E-state index is -3.09. The fourth-order valence-corrected chi connectivity index (χ4v) is 4.17. The van der Waals surface area contributed by atoms with Gasteiger partial charge in [0.25, 0.3) is 5.69 Å². The Hall–Kier alpha value is -2.45. The van der Waals surface area contributed by atoms with Crippen LogP contribution in [-0.4, -0.2) is 35.1 Å². The van der Waals surface area contributed by atoms with Gasteiger partial charge in [-0.05, 0) is 37.7 Å². The zero-order chi connectivity index (χ0) is 19.4. The number of rotatable bonds is 5. The van der Waals surface area contributed by atoms with Crippen molar-refractivity contribution >= 4 is 17.4 Å². The molecule has 2 aliphatic rings. The van der Waals surface area contributed by atoms with Crippen molar-refractivity contribution in [2.45, 2.75) is 57.6 Å². The van der Waals surface area contributed by atoms with Gasteiger partial charge in [0.05, 0.1) is 10.6 Å². The van der Waals surface area contributed by atoms with E-state index < -0.39 is 17.6 Å². The molecule has 0 bridgehead atoms. The van der Waals surface area contributed by atoms with Crippen molar-refractivity contribution in [2.75, 3.05) is 11.9 Å². The number of nitrogens with one attached hydrogen (secondary N) is 1. The quantitative estimate of drug-likeness (QED) is 0.586. The predicted molar refractivity (Wildman–Crippen MR) is 95.1 cm³/mol. The minimum Gasteiger partial charge on any atom is -0.433 e. The summed E-state index contributed by atoms with van der Waals surface area (Å²) in [7, 11) is 0. The Bertz CT molecular complexity index is 695. The number of benzene rings is 1. The Kier molecular flexibility index (Phi) is 6.08. The first-order chi connectivity index (χ1) is 13.0. The van der Waals surface area contributed by atoms with E-state index in [4.69, 9.17) is 0 Å². The number of amides is 2. The molecule has 27 heavy (non-hydrogen) atoms. The van der Waals surface area contributed by atoms with Crippen LogP contribution in [0.15, 0.2) is 18.2 Å². The molecule has 0 spiro atoms. The van der Waals surface area contributed by atoms with Crippen LogP contribution >= 0.6 is 0 Å². The van der Waals surface area contributed by atoms with E-state index in [1.54, 1.807) is 4.90 Å². The van der Waals surface area contributed by atoms with Crippen molar-refractivity contribution in [1.82, 2.24) is 4.90 Å². The lowest BCUT2D eigenvalue weighted by molar-refractivity contribution is -0.384. The van der Waals surface area contributed by atoms with Crippen LogP contribution in [-0.2, 0) is 0 Å². The normalized spacial score (nSPS) is 20.7. The summed E-state index contributed by atoms with van der Waals surface area (Å²) in [4.78, 5) is 24.9. The van der Waals surface area contributed by atoms with Crippen molar-refractivity contribution in [3.63, 3.8) is 0 Å². The van der Waals surface area contributed by atoms with Gasteiger partial charge < -0.3 is 15.0 Å². The number of ether oxygens (including phenoxy) is 1. The molecule has 0 aromatic heterocycles. The molecule has 2 fully saturated rings. The Morgan fingerprint density at radius 2 is 1.96 bits per heavy atom. The lowest BCUT2D eigenvalue weighted by Crippen LogP contribution is -2.43. The molecule has 148 valence electrons. The van der Waals surface area contributed by atoms with Crippen LogP contribution in [0.2, 0.25) is 0 Å². The molecule has 1 saturated heterocycles. The highest BCUT2D eigenvalue weighted by molar-refractivity contribution is 5.92. The molecule has 1 saturated carbocycles. The van der Waals surface area contributed by atoms with E-state index in [1.807, 2.05) is 0 Å². The summed E-state index contributed by atoms with van der Waals surface area (Å²) in [5.41, 5.74) is -0.430. The molecular weight excluding hydrogens is 360 g/mol. The van der Waals surface area contributed by atoms with Crippen LogP contribution in [0.25, 0.3) is 0 Å². The maximum Gasteiger partial charge on any atom is 0.387 e. The van der Waals surface area contributed by atoms with E-state index in [-0.39, 0.29) is 23.2 Å². The number of non-ortho nitro benzene ring substituents is 1. The Balaban J connectivity index is 1.77. The SMILES string of the molecule is O=C(Nc1cc([N+](=O)[O-])ccc1OC(F)F)N1CCCC1C1CCCCC1. The first kappa shape index (κ1) is 19.3. The molecule has 1 heterocycles. The number of anilines is 1. The molecule has 1 atom stereocenters. The van der Waals surface area contributed by atoms with Gasteiger partial charge in [0.1, 0.15) is 5.75 Å². The van der Waals surface area contributed by atoms with E-state index >= 15 is 0 Å². The molecule has 1 unspecified atom stereocenters. The van der Waals surface area contributed by atoms with Crippen LogP contribution in [0.3, 0.4) is 0 Å². The molecule has 1 aliphatic carbocycles. The summed E-state index contributed by atoms with van der Waals surface area (Å²) in [5, 5.41) is 13.5. The molecule has 9 heteroatoms. The van der Waals surface area contributed by atoms with E-state index in [1.165, 1.54) is 6.42 Å². The Labute approximate surface area is 155 Å². The number of halogens is 2. The maximum absolute atomic E-state index is 12.8. The number of likely N-dealkylation sites (tertiary alicyclic amines) is 1. The number of urea groups is 1. The van der Waals surface area contributed by atoms with Gasteiger partial charge in [0, 0.05) is 24.7 Å². The monoisotopic (exact) mass is 383 g/mol. The van der Waals surface area contributed by atoms with E-state index in [0.717, 1.165) is 56.7 Å². The molecule has 1 aromatic carbocycles. The number of hydrogen-bond acceptors (Lipinski definition) is 4. The fourth-order valence-electron chi connectivity index (χ4n) is 4.17. The lowest BCUT2D eigenvalue weighted by atomic mass is 9.83. The molecule has 2 amide bonds. The minimum absolute atomic E-state index is 0.121. The number of nitro groups is 1. The van der Waals surface area contributed by atoms with Gasteiger partial charge in [0.2, 0.25) is 0 Å². The smallest absolute Gasteiger partial charge is 0.387 e. The van der Waals surface area contributed by atoms with Gasteiger partial charge in [-0.25, -0.2) is 4.79 Å². The summed E-state index contributed by atoms with van der Waals surface area (Å²) >= 11 is 0. The number of alkyl halides is 2. The molecule has 1 aliphatic heterocycles. The standard InChI is InChI=1S/C18H23F2N3O4/c19-17(20)27-16-9-8-13(23(25)26)11-14(16)21-18(24)22-10-4-7-15(22)12-5-2-1-3-6-12/h8-9,11-12,15,17H,1-7,10H2,(H,21,24). The number of nitro benzene ring substituents is 1. The average Bonchev–Trinajstić information content (AvgIpc) is 3.13. The summed E-state index contributed by atoms with van der Waals surface area (Å²) in [5.74, 6) is 0.159. The van der Waals surface area contributed by atoms with Gasteiger partial charge in [0.15, 0.2) is 0 Å². The number of nitrogens with zero attached hydrogens (tertiary/aromatic N) is 2. The second kappa shape index (κ2) is 8.49. The van der Waals surface area contributed by atoms with Crippen LogP contribution in [0, 0.1) is 16.0 Å². The van der Waals surface area contributed by atoms with Crippen molar-refractivity contribution in [2.24, 2.45) is 5.92 Å². The van der Waals surface area contributed by atoms with Gasteiger partial charge >= 0.3 is 12.6 Å². The van der Waals surface area contributed by atoms with Gasteiger partial charge in [-0.15, -0.1) is 0 Å². The summed E-state index contributed by atoms with van der Waals surface area (Å²) in [6.45, 7) is -2.50. The van der Waals surface area contributed by atoms with Crippen LogP contribution in [0.5, 0.6) is 5.75 Å². The third-order valence-corrected chi connectivity index (χ3v) is 5.39. The van der Waals surface area contributed by atoms with Crippen molar-refractivity contribution < 1.29 is 23.2 Å².